The molecule has 0 saturated carbocycles. The van der Waals surface area contributed by atoms with Crippen molar-refractivity contribution in [3.05, 3.63) is 41.9 Å². The van der Waals surface area contributed by atoms with Crippen molar-refractivity contribution in [1.82, 2.24) is 9.97 Å². The largest absolute Gasteiger partial charge is 0.505 e. The number of carbonyl (C=O) groups is 1. The fraction of sp³-hybridized carbons (Fsp3) is 0.0833. The molecule has 0 atom stereocenters. The highest BCUT2D eigenvalue weighted by Crippen LogP contribution is 2.26. The topological polar surface area (TPSA) is 101 Å². The molecule has 0 unspecified atom stereocenters. The number of para-hydroxylation sites is 1. The van der Waals surface area contributed by atoms with E-state index in [1.807, 2.05) is 0 Å². The number of nitrogens with two attached hydrogens (primary N) is 1. The molecule has 1 aromatic carbocycles. The predicted molar refractivity (Wildman–Crippen MR) is 67.2 cm³/mol. The highest BCUT2D eigenvalue weighted by molar-refractivity contribution is 6.06. The van der Waals surface area contributed by atoms with Crippen molar-refractivity contribution >= 4 is 17.4 Å². The standard InChI is InChI=1S/C12H12N4O2/c1-7-3-2-4-8(10(7)17)16-12(18)9-11(13)15-6-5-14-9/h2-6,17H,1H3,(H2,13,15)(H,16,18). The Kier molecular flexibility index (Phi) is 3.09. The number of hydrogen-bond donors (Lipinski definition) is 3. The average Bonchev–Trinajstić information content (AvgIpc) is 2.35. The van der Waals surface area contributed by atoms with Gasteiger partial charge in [-0.15, -0.1) is 0 Å². The van der Waals surface area contributed by atoms with Crippen molar-refractivity contribution in [1.29, 1.82) is 0 Å². The van der Waals surface area contributed by atoms with Crippen LogP contribution in [0.2, 0.25) is 0 Å². The van der Waals surface area contributed by atoms with E-state index in [4.69, 9.17) is 5.73 Å². The van der Waals surface area contributed by atoms with Gasteiger partial charge in [-0.05, 0) is 18.6 Å². The van der Waals surface area contributed by atoms with E-state index < -0.39 is 5.91 Å². The number of phenolic OH excluding ortho intramolecular Hbond substituents is 1. The van der Waals surface area contributed by atoms with Crippen LogP contribution < -0.4 is 11.1 Å². The second-order valence-corrected chi connectivity index (χ2v) is 3.72. The van der Waals surface area contributed by atoms with Crippen molar-refractivity contribution in [3.8, 4) is 5.75 Å². The third-order valence-electron chi connectivity index (χ3n) is 2.43. The van der Waals surface area contributed by atoms with E-state index in [0.717, 1.165) is 0 Å². The molecule has 0 fully saturated rings. The van der Waals surface area contributed by atoms with Crippen LogP contribution >= 0.6 is 0 Å². The summed E-state index contributed by atoms with van der Waals surface area (Å²) < 4.78 is 0. The van der Waals surface area contributed by atoms with Crippen LogP contribution in [0.15, 0.2) is 30.6 Å². The summed E-state index contributed by atoms with van der Waals surface area (Å²) in [4.78, 5) is 19.5. The Hall–Kier alpha value is -2.63. The number of amides is 1. The molecule has 1 aromatic heterocycles. The van der Waals surface area contributed by atoms with E-state index in [2.05, 4.69) is 15.3 Å². The lowest BCUT2D eigenvalue weighted by Crippen LogP contribution is -2.16. The maximum Gasteiger partial charge on any atom is 0.278 e. The Bertz CT molecular complexity index is 598. The van der Waals surface area contributed by atoms with Crippen LogP contribution in [-0.2, 0) is 0 Å². The number of aromatic hydroxyl groups is 1. The molecule has 6 nitrogen and oxygen atoms in total. The highest BCUT2D eigenvalue weighted by atomic mass is 16.3. The molecule has 92 valence electrons. The fourth-order valence-electron chi connectivity index (χ4n) is 1.47. The summed E-state index contributed by atoms with van der Waals surface area (Å²) >= 11 is 0. The summed E-state index contributed by atoms with van der Waals surface area (Å²) in [5.41, 5.74) is 6.55. The van der Waals surface area contributed by atoms with E-state index in [1.54, 1.807) is 25.1 Å². The van der Waals surface area contributed by atoms with Gasteiger partial charge in [0.1, 0.15) is 5.75 Å². The SMILES string of the molecule is Cc1cccc(NC(=O)c2nccnc2N)c1O. The van der Waals surface area contributed by atoms with Crippen molar-refractivity contribution < 1.29 is 9.90 Å². The van der Waals surface area contributed by atoms with Gasteiger partial charge in [0.05, 0.1) is 5.69 Å². The van der Waals surface area contributed by atoms with Gasteiger partial charge in [0.25, 0.3) is 5.91 Å². The molecule has 1 amide bonds. The van der Waals surface area contributed by atoms with Crippen molar-refractivity contribution in [2.75, 3.05) is 11.1 Å². The van der Waals surface area contributed by atoms with Crippen LogP contribution in [-0.4, -0.2) is 21.0 Å². The molecular formula is C12H12N4O2. The highest BCUT2D eigenvalue weighted by Gasteiger charge is 2.14. The average molecular weight is 244 g/mol. The van der Waals surface area contributed by atoms with Crippen molar-refractivity contribution in [2.45, 2.75) is 6.92 Å². The van der Waals surface area contributed by atoms with Crippen LogP contribution in [0.4, 0.5) is 11.5 Å². The Labute approximate surface area is 104 Å². The first-order valence-electron chi connectivity index (χ1n) is 5.26. The van der Waals surface area contributed by atoms with Crippen LogP contribution in [0.3, 0.4) is 0 Å². The lowest BCUT2D eigenvalue weighted by atomic mass is 10.2. The van der Waals surface area contributed by atoms with Crippen LogP contribution in [0.5, 0.6) is 5.75 Å². The number of phenols is 1. The molecule has 0 radical (unpaired) electrons. The number of benzene rings is 1. The molecule has 0 saturated heterocycles. The van der Waals surface area contributed by atoms with Gasteiger partial charge in [-0.3, -0.25) is 4.79 Å². The Morgan fingerprint density at radius 3 is 2.78 bits per heavy atom. The normalized spacial score (nSPS) is 10.1. The lowest BCUT2D eigenvalue weighted by Gasteiger charge is -2.09. The minimum atomic E-state index is -0.512. The molecule has 0 aliphatic heterocycles. The number of carbonyl (C=O) groups excluding carboxylic acids is 1. The fourth-order valence-corrected chi connectivity index (χ4v) is 1.47. The zero-order chi connectivity index (χ0) is 13.1. The van der Waals surface area contributed by atoms with Crippen molar-refractivity contribution in [2.24, 2.45) is 0 Å². The number of rotatable bonds is 2. The quantitative estimate of drug-likeness (QED) is 0.692. The molecule has 0 aliphatic carbocycles. The van der Waals surface area contributed by atoms with Gasteiger partial charge in [-0.1, -0.05) is 12.1 Å². The molecule has 4 N–H and O–H groups in total. The summed E-state index contributed by atoms with van der Waals surface area (Å²) in [5, 5.41) is 12.3. The van der Waals surface area contributed by atoms with Gasteiger partial charge in [-0.2, -0.15) is 0 Å². The lowest BCUT2D eigenvalue weighted by molar-refractivity contribution is 0.102. The Morgan fingerprint density at radius 2 is 2.06 bits per heavy atom. The van der Waals surface area contributed by atoms with E-state index in [9.17, 15) is 9.90 Å². The van der Waals surface area contributed by atoms with Gasteiger partial charge >= 0.3 is 0 Å². The van der Waals surface area contributed by atoms with Crippen LogP contribution in [0.25, 0.3) is 0 Å². The number of nitrogens with one attached hydrogen (secondary N) is 1. The van der Waals surface area contributed by atoms with Gasteiger partial charge < -0.3 is 16.2 Å². The minimum Gasteiger partial charge on any atom is -0.505 e. The third kappa shape index (κ3) is 2.22. The van der Waals surface area contributed by atoms with Gasteiger partial charge in [-0.25, -0.2) is 9.97 Å². The maximum absolute atomic E-state index is 11.9. The molecule has 2 aromatic rings. The number of nitrogens with zero attached hydrogens (tertiary/aromatic N) is 2. The molecule has 0 aliphatic rings. The molecule has 0 bridgehead atoms. The Morgan fingerprint density at radius 1 is 1.33 bits per heavy atom. The minimum absolute atomic E-state index is 0.0216. The second-order valence-electron chi connectivity index (χ2n) is 3.72. The molecular weight excluding hydrogens is 232 g/mol. The molecule has 0 spiro atoms. The molecule has 1 heterocycles. The van der Waals surface area contributed by atoms with E-state index >= 15 is 0 Å². The first kappa shape index (κ1) is 11.8. The van der Waals surface area contributed by atoms with E-state index in [-0.39, 0.29) is 17.3 Å². The zero-order valence-electron chi connectivity index (χ0n) is 9.71. The maximum atomic E-state index is 11.9. The number of hydrogen-bond acceptors (Lipinski definition) is 5. The summed E-state index contributed by atoms with van der Waals surface area (Å²) in [6.45, 7) is 1.74. The van der Waals surface area contributed by atoms with Gasteiger partial charge in [0.2, 0.25) is 0 Å². The number of aromatic nitrogens is 2. The number of anilines is 2. The van der Waals surface area contributed by atoms with Crippen molar-refractivity contribution in [3.63, 3.8) is 0 Å². The molecule has 6 heteroatoms. The number of aryl methyl sites for hydroxylation is 1. The van der Waals surface area contributed by atoms with Crippen LogP contribution in [0, 0.1) is 6.92 Å². The van der Waals surface area contributed by atoms with Gasteiger partial charge in [0.15, 0.2) is 11.5 Å². The predicted octanol–water partition coefficient (Wildman–Crippen LogP) is 1.33. The van der Waals surface area contributed by atoms with E-state index in [1.165, 1.54) is 12.4 Å². The third-order valence-corrected chi connectivity index (χ3v) is 2.43. The van der Waals surface area contributed by atoms with E-state index in [0.29, 0.717) is 11.3 Å². The summed E-state index contributed by atoms with van der Waals surface area (Å²) in [6.07, 6.45) is 2.78. The second kappa shape index (κ2) is 4.70. The summed E-state index contributed by atoms with van der Waals surface area (Å²) in [6, 6.07) is 5.05. The zero-order valence-corrected chi connectivity index (χ0v) is 9.71. The van der Waals surface area contributed by atoms with Gasteiger partial charge in [0, 0.05) is 12.4 Å². The molecule has 2 rings (SSSR count). The monoisotopic (exact) mass is 244 g/mol. The smallest absolute Gasteiger partial charge is 0.278 e. The van der Waals surface area contributed by atoms with Crippen LogP contribution in [0.1, 0.15) is 16.1 Å². The first-order chi connectivity index (χ1) is 8.59. The summed E-state index contributed by atoms with van der Waals surface area (Å²) in [5.74, 6) is -0.447. The number of nitrogen functional groups attached to an aromatic ring is 1. The molecule has 18 heavy (non-hydrogen) atoms. The summed E-state index contributed by atoms with van der Waals surface area (Å²) in [7, 11) is 0. The Balaban J connectivity index is 2.27. The first-order valence-corrected chi connectivity index (χ1v) is 5.26.